The molecule has 8 nitrogen and oxygen atoms in total. The molecule has 0 saturated heterocycles. The Hall–Kier alpha value is -0.900. The third kappa shape index (κ3) is 5.23. The number of carbonyl (C=O) groups excluding carboxylic acids is 2. The van der Waals surface area contributed by atoms with Gasteiger partial charge in [0.15, 0.2) is 0 Å². The highest BCUT2D eigenvalue weighted by atomic mass is 16.4. The van der Waals surface area contributed by atoms with Crippen molar-refractivity contribution in [2.24, 2.45) is 11.6 Å². The lowest BCUT2D eigenvalue weighted by molar-refractivity contribution is -0.154. The summed E-state index contributed by atoms with van der Waals surface area (Å²) in [5.41, 5.74) is 1.91. The fraction of sp³-hybridized carbons (Fsp3) is 0.833. The van der Waals surface area contributed by atoms with Crippen LogP contribution in [-0.4, -0.2) is 74.2 Å². The van der Waals surface area contributed by atoms with Gasteiger partial charge >= 0.3 is 0 Å². The molecule has 0 saturated carbocycles. The first kappa shape index (κ1) is 17.2. The molecule has 0 aliphatic heterocycles. The summed E-state index contributed by atoms with van der Waals surface area (Å²) in [6, 6.07) is -1.14. The van der Waals surface area contributed by atoms with Crippen molar-refractivity contribution in [1.82, 2.24) is 0 Å². The zero-order chi connectivity index (χ0) is 16.7. The van der Waals surface area contributed by atoms with Crippen LogP contribution >= 0.6 is 0 Å². The summed E-state index contributed by atoms with van der Waals surface area (Å²) >= 11 is 0. The highest BCUT2D eigenvalue weighted by Crippen LogP contribution is 2.09. The molecule has 0 fully saturated rings. The fourth-order valence-electron chi connectivity index (χ4n) is 1.57. The van der Waals surface area contributed by atoms with Gasteiger partial charge in [-0.3, -0.25) is 9.59 Å². The van der Waals surface area contributed by atoms with Crippen LogP contribution in [-0.2, 0) is 9.59 Å². The van der Waals surface area contributed by atoms with E-state index in [0.717, 1.165) is 0 Å². The van der Waals surface area contributed by atoms with Gasteiger partial charge in [0.05, 0.1) is 12.6 Å². The monoisotopic (exact) mass is 294 g/mol. The Morgan fingerprint density at radius 2 is 1.65 bits per heavy atom. The molecular weight excluding hydrogens is 270 g/mol. The third-order valence-corrected chi connectivity index (χ3v) is 2.79. The summed E-state index contributed by atoms with van der Waals surface area (Å²) < 4.78 is 7.02. The van der Waals surface area contributed by atoms with E-state index in [1.54, 1.807) is 13.8 Å². The molecular formula is C12H23NO7. The molecule has 0 heterocycles. The predicted molar refractivity (Wildman–Crippen MR) is 68.6 cm³/mol. The van der Waals surface area contributed by atoms with Crippen LogP contribution in [0.25, 0.3) is 0 Å². The average Bonchev–Trinajstić information content (AvgIpc) is 2.47. The molecule has 0 rings (SSSR count). The molecule has 0 aromatic heterocycles. The lowest BCUT2D eigenvalue weighted by Gasteiger charge is -2.25. The number of aliphatic hydroxyl groups excluding tert-OH is 5. The molecule has 0 aliphatic carbocycles. The molecule has 8 heteroatoms. The average molecular weight is 294 g/mol. The number of hydrogen-bond acceptors (Lipinski definition) is 8. The summed E-state index contributed by atoms with van der Waals surface area (Å²) in [6.45, 7) is 2.65. The first-order valence-corrected chi connectivity index (χ1v) is 6.25. The van der Waals surface area contributed by atoms with E-state index < -0.39 is 48.6 Å². The van der Waals surface area contributed by atoms with Crippen LogP contribution in [0.5, 0.6) is 0 Å². The number of hydrogen-bond donors (Lipinski definition) is 6. The van der Waals surface area contributed by atoms with Crippen molar-refractivity contribution >= 4 is 11.6 Å². The Morgan fingerprint density at radius 1 is 1.10 bits per heavy atom. The van der Waals surface area contributed by atoms with E-state index in [9.17, 15) is 24.9 Å². The standard InChI is InChI=1S/C12H23NO7/c1-5(2)3-6(13)8(16)10(18)12(20)11(19)9(17)7(15)4-14/h5-7,9,11-12,14-15,17,19-20H,3-4,13H2,1-2H3/t6-,7+,9+,11-,12+/m0/s1/i/hD. The Morgan fingerprint density at radius 3 is 2.05 bits per heavy atom. The summed E-state index contributed by atoms with van der Waals surface area (Å²) in [5.74, 6) is -2.47. The number of nitrogens with two attached hydrogens (primary N) is 1. The van der Waals surface area contributed by atoms with E-state index in [1.807, 2.05) is 5.73 Å². The molecule has 20 heavy (non-hydrogen) atoms. The van der Waals surface area contributed by atoms with Crippen LogP contribution in [0.1, 0.15) is 20.3 Å². The largest absolute Gasteiger partial charge is 0.394 e. The maximum Gasteiger partial charge on any atom is 0.231 e. The normalized spacial score (nSPS) is 19.9. The van der Waals surface area contributed by atoms with Crippen molar-refractivity contribution in [3.8, 4) is 0 Å². The lowest BCUT2D eigenvalue weighted by atomic mass is 9.93. The SMILES string of the molecule is [2H]N[C@@H](CC(C)C)C(=O)C(=O)[C@@H](O)[C@@H](O)[C@H](O)[C@H](O)CO. The van der Waals surface area contributed by atoms with E-state index in [2.05, 4.69) is 0 Å². The van der Waals surface area contributed by atoms with Crippen LogP contribution in [0.4, 0.5) is 0 Å². The third-order valence-electron chi connectivity index (χ3n) is 2.79. The zero-order valence-corrected chi connectivity index (χ0v) is 11.4. The number of carbonyl (C=O) groups is 2. The number of aliphatic hydroxyl groups is 5. The van der Waals surface area contributed by atoms with Crippen molar-refractivity contribution in [1.29, 1.82) is 0 Å². The van der Waals surface area contributed by atoms with Gasteiger partial charge < -0.3 is 31.3 Å². The highest BCUT2D eigenvalue weighted by molar-refractivity contribution is 6.40. The smallest absolute Gasteiger partial charge is 0.231 e. The van der Waals surface area contributed by atoms with Crippen LogP contribution in [0, 0.1) is 5.92 Å². The minimum absolute atomic E-state index is 0.00784. The Balaban J connectivity index is 4.85. The maximum absolute atomic E-state index is 11.8. The van der Waals surface area contributed by atoms with Crippen LogP contribution in [0.2, 0.25) is 1.41 Å². The van der Waals surface area contributed by atoms with Crippen molar-refractivity contribution in [3.05, 3.63) is 0 Å². The highest BCUT2D eigenvalue weighted by Gasteiger charge is 2.38. The zero-order valence-electron chi connectivity index (χ0n) is 12.4. The van der Waals surface area contributed by atoms with Crippen LogP contribution in [0.3, 0.4) is 0 Å². The molecule has 0 aromatic rings. The molecule has 0 aliphatic rings. The second-order valence-corrected chi connectivity index (χ2v) is 5.09. The molecule has 0 unspecified atom stereocenters. The molecule has 0 aromatic carbocycles. The van der Waals surface area contributed by atoms with Crippen molar-refractivity contribution in [3.63, 3.8) is 0 Å². The van der Waals surface area contributed by atoms with Gasteiger partial charge in [-0.15, -0.1) is 0 Å². The van der Waals surface area contributed by atoms with Gasteiger partial charge in [-0.05, 0) is 12.3 Å². The molecule has 0 amide bonds. The first-order valence-electron chi connectivity index (χ1n) is 6.75. The molecule has 0 spiro atoms. The van der Waals surface area contributed by atoms with Crippen LogP contribution in [0.15, 0.2) is 0 Å². The van der Waals surface area contributed by atoms with E-state index in [0.29, 0.717) is 0 Å². The van der Waals surface area contributed by atoms with Crippen molar-refractivity contribution in [2.75, 3.05) is 6.61 Å². The molecule has 0 bridgehead atoms. The summed E-state index contributed by atoms with van der Waals surface area (Å²) in [6.07, 6.45) is -7.96. The number of ketones is 2. The second-order valence-electron chi connectivity index (χ2n) is 5.09. The van der Waals surface area contributed by atoms with Gasteiger partial charge in [0.25, 0.3) is 0 Å². The molecule has 0 radical (unpaired) electrons. The van der Waals surface area contributed by atoms with Gasteiger partial charge in [0.1, 0.15) is 25.8 Å². The van der Waals surface area contributed by atoms with E-state index in [4.69, 9.17) is 11.6 Å². The predicted octanol–water partition coefficient (Wildman–Crippen LogP) is -3.07. The Kier molecular flexibility index (Phi) is 7.20. The molecule has 7 N–H and O–H groups in total. The fourth-order valence-corrected chi connectivity index (χ4v) is 1.57. The quantitative estimate of drug-likeness (QED) is 0.231. The first-order chi connectivity index (χ1) is 9.67. The van der Waals surface area contributed by atoms with Gasteiger partial charge in [-0.25, -0.2) is 0 Å². The Bertz CT molecular complexity index is 352. The summed E-state index contributed by atoms with van der Waals surface area (Å²) in [5, 5.41) is 46.3. The van der Waals surface area contributed by atoms with Gasteiger partial charge in [-0.1, -0.05) is 13.8 Å². The van der Waals surface area contributed by atoms with E-state index in [-0.39, 0.29) is 12.3 Å². The van der Waals surface area contributed by atoms with Crippen LogP contribution < -0.4 is 5.73 Å². The minimum atomic E-state index is -2.25. The molecule has 118 valence electrons. The number of rotatable bonds is 10. The van der Waals surface area contributed by atoms with Gasteiger partial charge in [-0.2, -0.15) is 0 Å². The van der Waals surface area contributed by atoms with Gasteiger partial charge in [0.2, 0.25) is 11.6 Å². The molecule has 5 atom stereocenters. The number of Topliss-reactive ketones (excluding diaryl/α,β-unsaturated/α-hetero) is 2. The van der Waals surface area contributed by atoms with E-state index >= 15 is 0 Å². The Labute approximate surface area is 118 Å². The van der Waals surface area contributed by atoms with Crippen molar-refractivity contribution < 1.29 is 36.5 Å². The van der Waals surface area contributed by atoms with E-state index in [1.165, 1.54) is 0 Å². The maximum atomic E-state index is 11.8. The van der Waals surface area contributed by atoms with Gasteiger partial charge in [0, 0.05) is 0 Å². The lowest BCUT2D eigenvalue weighted by Crippen LogP contribution is -2.52. The minimum Gasteiger partial charge on any atom is -0.394 e. The van der Waals surface area contributed by atoms with Crippen molar-refractivity contribution in [2.45, 2.75) is 50.7 Å². The topological polar surface area (TPSA) is 161 Å². The summed E-state index contributed by atoms with van der Waals surface area (Å²) in [7, 11) is 0. The second kappa shape index (κ2) is 8.40. The summed E-state index contributed by atoms with van der Waals surface area (Å²) in [4.78, 5) is 23.6.